The van der Waals surface area contributed by atoms with Crippen molar-refractivity contribution in [3.63, 3.8) is 0 Å². The number of nitrogens with zero attached hydrogens (tertiary/aromatic N) is 2. The van der Waals surface area contributed by atoms with E-state index in [1.54, 1.807) is 12.1 Å². The van der Waals surface area contributed by atoms with Crippen molar-refractivity contribution >= 4 is 0 Å². The Morgan fingerprint density at radius 2 is 1.94 bits per heavy atom. The predicted octanol–water partition coefficient (Wildman–Crippen LogP) is 2.01. The molecule has 99 valence electrons. The Hall–Kier alpha value is -1.27. The molecule has 1 aliphatic heterocycles. The van der Waals surface area contributed by atoms with Gasteiger partial charge >= 0.3 is 6.36 Å². The highest BCUT2D eigenvalue weighted by Gasteiger charge is 2.31. The maximum atomic E-state index is 12.1. The molecule has 0 N–H and O–H groups in total. The first-order valence-corrected chi connectivity index (χ1v) is 5.73. The van der Waals surface area contributed by atoms with Crippen molar-refractivity contribution in [1.29, 1.82) is 0 Å². The van der Waals surface area contributed by atoms with Crippen LogP contribution in [0.3, 0.4) is 0 Å². The van der Waals surface area contributed by atoms with Gasteiger partial charge in [0.25, 0.3) is 0 Å². The van der Waals surface area contributed by atoms with Crippen LogP contribution in [0.4, 0.5) is 13.2 Å². The van der Waals surface area contributed by atoms with Gasteiger partial charge in [0.15, 0.2) is 0 Å². The van der Waals surface area contributed by atoms with Gasteiger partial charge in [0.2, 0.25) is 0 Å². The van der Waals surface area contributed by atoms with Crippen molar-refractivity contribution < 1.29 is 17.9 Å². The van der Waals surface area contributed by atoms with Gasteiger partial charge in [-0.25, -0.2) is 5.32 Å². The minimum Gasteiger partial charge on any atom is -0.406 e. The topological polar surface area (TPSA) is 26.6 Å². The third kappa shape index (κ3) is 4.19. The van der Waals surface area contributed by atoms with E-state index in [-0.39, 0.29) is 5.75 Å². The quantitative estimate of drug-likeness (QED) is 0.830. The molecular formula is C12H14F3N2O. The molecule has 3 nitrogen and oxygen atoms in total. The van der Waals surface area contributed by atoms with Gasteiger partial charge in [-0.15, -0.1) is 13.2 Å². The number of halogens is 3. The minimum atomic E-state index is -4.64. The van der Waals surface area contributed by atoms with Crippen LogP contribution in [0.15, 0.2) is 24.3 Å². The predicted molar refractivity (Wildman–Crippen MR) is 60.3 cm³/mol. The smallest absolute Gasteiger partial charge is 0.406 e. The zero-order chi connectivity index (χ0) is 13.0. The molecular weight excluding hydrogens is 245 g/mol. The van der Waals surface area contributed by atoms with Crippen molar-refractivity contribution in [2.75, 3.05) is 26.2 Å². The fourth-order valence-corrected chi connectivity index (χ4v) is 1.91. The molecule has 18 heavy (non-hydrogen) atoms. The molecule has 0 unspecified atom stereocenters. The van der Waals surface area contributed by atoms with E-state index < -0.39 is 6.36 Å². The van der Waals surface area contributed by atoms with E-state index >= 15 is 0 Å². The maximum absolute atomic E-state index is 12.1. The first-order chi connectivity index (χ1) is 8.53. The first kappa shape index (κ1) is 13.2. The molecule has 0 aliphatic carbocycles. The summed E-state index contributed by atoms with van der Waals surface area (Å²) in [6.07, 6.45) is -4.64. The summed E-state index contributed by atoms with van der Waals surface area (Å²) < 4.78 is 40.2. The number of benzene rings is 1. The highest BCUT2D eigenvalue weighted by Crippen LogP contribution is 2.23. The minimum absolute atomic E-state index is 0.165. The van der Waals surface area contributed by atoms with Crippen LogP contribution in [-0.2, 0) is 6.54 Å². The Morgan fingerprint density at radius 1 is 1.22 bits per heavy atom. The first-order valence-electron chi connectivity index (χ1n) is 5.73. The van der Waals surface area contributed by atoms with Gasteiger partial charge in [0.05, 0.1) is 0 Å². The largest absolute Gasteiger partial charge is 0.573 e. The third-order valence-electron chi connectivity index (χ3n) is 2.69. The molecule has 0 spiro atoms. The third-order valence-corrected chi connectivity index (χ3v) is 2.69. The van der Waals surface area contributed by atoms with Gasteiger partial charge in [-0.05, 0) is 17.7 Å². The summed E-state index contributed by atoms with van der Waals surface area (Å²) in [6.45, 7) is 3.91. The van der Waals surface area contributed by atoms with Crippen LogP contribution in [0, 0.1) is 0 Å². The van der Waals surface area contributed by atoms with Crippen LogP contribution in [0.2, 0.25) is 0 Å². The van der Waals surface area contributed by atoms with Crippen molar-refractivity contribution in [3.05, 3.63) is 29.8 Å². The van der Waals surface area contributed by atoms with Crippen LogP contribution in [0.5, 0.6) is 5.75 Å². The lowest BCUT2D eigenvalue weighted by atomic mass is 10.2. The summed E-state index contributed by atoms with van der Waals surface area (Å²) in [5, 5.41) is 4.22. The number of alkyl halides is 3. The van der Waals surface area contributed by atoms with Gasteiger partial charge in [0.1, 0.15) is 5.75 Å². The zero-order valence-electron chi connectivity index (χ0n) is 9.78. The van der Waals surface area contributed by atoms with Gasteiger partial charge in [-0.1, -0.05) is 12.1 Å². The molecule has 0 bridgehead atoms. The van der Waals surface area contributed by atoms with Gasteiger partial charge in [-0.2, -0.15) is 0 Å². The van der Waals surface area contributed by atoms with Crippen LogP contribution in [0.1, 0.15) is 5.56 Å². The van der Waals surface area contributed by atoms with Crippen molar-refractivity contribution in [2.45, 2.75) is 12.9 Å². The van der Waals surface area contributed by atoms with E-state index in [0.717, 1.165) is 31.7 Å². The SMILES string of the molecule is FC(F)(F)Oc1cccc(CN2CC[N]CC2)c1. The van der Waals surface area contributed by atoms with Crippen molar-refractivity contribution in [2.24, 2.45) is 0 Å². The Morgan fingerprint density at radius 3 is 2.61 bits per heavy atom. The summed E-state index contributed by atoms with van der Waals surface area (Å²) in [5.74, 6) is -0.165. The van der Waals surface area contributed by atoms with Crippen molar-refractivity contribution in [3.8, 4) is 5.75 Å². The molecule has 1 aliphatic rings. The summed E-state index contributed by atoms with van der Waals surface area (Å²) >= 11 is 0. The second-order valence-corrected chi connectivity index (χ2v) is 4.14. The molecule has 0 aromatic heterocycles. The van der Waals surface area contributed by atoms with Crippen molar-refractivity contribution in [1.82, 2.24) is 10.2 Å². The molecule has 1 radical (unpaired) electrons. The van der Waals surface area contributed by atoms with Gasteiger partial charge in [0, 0.05) is 32.7 Å². The molecule has 1 aromatic rings. The van der Waals surface area contributed by atoms with Gasteiger partial charge < -0.3 is 4.74 Å². The fraction of sp³-hybridized carbons (Fsp3) is 0.500. The van der Waals surface area contributed by atoms with Crippen LogP contribution in [-0.4, -0.2) is 37.4 Å². The van der Waals surface area contributed by atoms with E-state index in [9.17, 15) is 13.2 Å². The zero-order valence-corrected chi connectivity index (χ0v) is 9.78. The van der Waals surface area contributed by atoms with E-state index in [1.807, 2.05) is 0 Å². The number of hydrogen-bond donors (Lipinski definition) is 0. The second kappa shape index (κ2) is 5.58. The molecule has 0 saturated carbocycles. The molecule has 1 saturated heterocycles. The lowest BCUT2D eigenvalue weighted by Gasteiger charge is -2.26. The summed E-state index contributed by atoms with van der Waals surface area (Å²) in [6, 6.07) is 6.11. The summed E-state index contributed by atoms with van der Waals surface area (Å²) in [7, 11) is 0. The van der Waals surface area contributed by atoms with Crippen LogP contribution >= 0.6 is 0 Å². The van der Waals surface area contributed by atoms with Gasteiger partial charge in [-0.3, -0.25) is 4.90 Å². The standard InChI is InChI=1S/C12H14F3N2O/c13-12(14,15)18-11-3-1-2-10(8-11)9-17-6-4-16-5-7-17/h1-3,8H,4-7,9H2. The Bertz CT molecular complexity index is 389. The number of ether oxygens (including phenoxy) is 1. The average molecular weight is 259 g/mol. The molecule has 6 heteroatoms. The Balaban J connectivity index is 1.98. The highest BCUT2D eigenvalue weighted by molar-refractivity contribution is 5.28. The second-order valence-electron chi connectivity index (χ2n) is 4.14. The number of piperazine rings is 1. The van der Waals surface area contributed by atoms with E-state index in [1.165, 1.54) is 12.1 Å². The lowest BCUT2D eigenvalue weighted by molar-refractivity contribution is -0.274. The molecule has 0 atom stereocenters. The van der Waals surface area contributed by atoms with E-state index in [4.69, 9.17) is 0 Å². The number of rotatable bonds is 3. The molecule has 1 heterocycles. The lowest BCUT2D eigenvalue weighted by Crippen LogP contribution is -2.39. The summed E-state index contributed by atoms with van der Waals surface area (Å²) in [5.41, 5.74) is 0.818. The normalized spacial score (nSPS) is 17.7. The Labute approximate surface area is 104 Å². The molecule has 1 aromatic carbocycles. The van der Waals surface area contributed by atoms with Crippen LogP contribution in [0.25, 0.3) is 0 Å². The highest BCUT2D eigenvalue weighted by atomic mass is 19.4. The van der Waals surface area contributed by atoms with E-state index in [0.29, 0.717) is 6.54 Å². The Kier molecular flexibility index (Phi) is 4.08. The fourth-order valence-electron chi connectivity index (χ4n) is 1.91. The number of hydrogen-bond acceptors (Lipinski definition) is 2. The van der Waals surface area contributed by atoms with Crippen LogP contribution < -0.4 is 10.1 Å². The molecule has 1 fully saturated rings. The molecule has 2 rings (SSSR count). The summed E-state index contributed by atoms with van der Waals surface area (Å²) in [4.78, 5) is 2.17. The molecule has 0 amide bonds. The maximum Gasteiger partial charge on any atom is 0.573 e. The van der Waals surface area contributed by atoms with E-state index in [2.05, 4.69) is 15.0 Å². The monoisotopic (exact) mass is 259 g/mol. The average Bonchev–Trinajstić information content (AvgIpc) is 2.28.